The highest BCUT2D eigenvalue weighted by atomic mass is 19.3. The molecule has 3 nitrogen and oxygen atoms in total. The summed E-state index contributed by atoms with van der Waals surface area (Å²) >= 11 is 0. The molecular weight excluding hydrogens is 228 g/mol. The molecule has 1 atom stereocenters. The summed E-state index contributed by atoms with van der Waals surface area (Å²) in [6.45, 7) is 1.96. The minimum atomic E-state index is -2.77. The van der Waals surface area contributed by atoms with E-state index in [4.69, 9.17) is 5.11 Å². The van der Waals surface area contributed by atoms with E-state index in [9.17, 15) is 13.6 Å². The highest BCUT2D eigenvalue weighted by molar-refractivity contribution is 5.75. The van der Waals surface area contributed by atoms with Crippen LogP contribution in [0.4, 0.5) is 14.5 Å². The molecule has 0 saturated carbocycles. The van der Waals surface area contributed by atoms with Gasteiger partial charge in [0.05, 0.1) is 12.5 Å². The first-order chi connectivity index (χ1) is 7.79. The van der Waals surface area contributed by atoms with Crippen LogP contribution in [0.15, 0.2) is 24.3 Å². The predicted octanol–water partition coefficient (Wildman–Crippen LogP) is 2.94. The minimum absolute atomic E-state index is 0.444. The fourth-order valence-corrected chi connectivity index (χ4v) is 1.29. The van der Waals surface area contributed by atoms with Crippen LogP contribution in [0.25, 0.3) is 0 Å². The molecule has 0 bridgehead atoms. The van der Waals surface area contributed by atoms with Crippen molar-refractivity contribution in [2.75, 3.05) is 11.9 Å². The van der Waals surface area contributed by atoms with Gasteiger partial charge >= 0.3 is 5.97 Å². The zero-order valence-electron chi connectivity index (χ0n) is 9.71. The highest BCUT2D eigenvalue weighted by Gasteiger charge is 2.20. The van der Waals surface area contributed by atoms with E-state index in [1.807, 2.05) is 0 Å². The molecule has 2 N–H and O–H groups in total. The van der Waals surface area contributed by atoms with Gasteiger partial charge in [0.15, 0.2) is 0 Å². The molecule has 0 saturated heterocycles. The van der Waals surface area contributed by atoms with Gasteiger partial charge in [0.2, 0.25) is 0 Å². The Morgan fingerprint density at radius 1 is 1.41 bits per heavy atom. The molecule has 5 heteroatoms. The SMILES string of the molecule is CC(C(=O)O)c1ccc(NCC(C)(F)F)cc1. The number of aliphatic carboxylic acids is 1. The summed E-state index contributed by atoms with van der Waals surface area (Å²) in [6.07, 6.45) is 0. The first kappa shape index (κ1) is 13.4. The largest absolute Gasteiger partial charge is 0.481 e. The van der Waals surface area contributed by atoms with Crippen molar-refractivity contribution in [3.8, 4) is 0 Å². The number of carboxylic acids is 1. The molecular formula is C12H15F2NO2. The molecule has 0 spiro atoms. The van der Waals surface area contributed by atoms with Gasteiger partial charge in [-0.3, -0.25) is 4.79 Å². The van der Waals surface area contributed by atoms with Crippen molar-refractivity contribution < 1.29 is 18.7 Å². The van der Waals surface area contributed by atoms with E-state index in [-0.39, 0.29) is 0 Å². The van der Waals surface area contributed by atoms with Gasteiger partial charge in [-0.1, -0.05) is 12.1 Å². The highest BCUT2D eigenvalue weighted by Crippen LogP contribution is 2.19. The third-order valence-corrected chi connectivity index (χ3v) is 2.38. The third-order valence-electron chi connectivity index (χ3n) is 2.38. The Balaban J connectivity index is 2.65. The van der Waals surface area contributed by atoms with Crippen LogP contribution in [-0.4, -0.2) is 23.5 Å². The lowest BCUT2D eigenvalue weighted by Crippen LogP contribution is -2.22. The molecule has 1 aromatic rings. The zero-order valence-corrected chi connectivity index (χ0v) is 9.71. The number of carbonyl (C=O) groups is 1. The number of halogens is 2. The predicted molar refractivity (Wildman–Crippen MR) is 61.6 cm³/mol. The van der Waals surface area contributed by atoms with Gasteiger partial charge in [-0.05, 0) is 24.6 Å². The van der Waals surface area contributed by atoms with Crippen molar-refractivity contribution in [1.82, 2.24) is 0 Å². The maximum absolute atomic E-state index is 12.6. The minimum Gasteiger partial charge on any atom is -0.481 e. The number of nitrogens with one attached hydrogen (secondary N) is 1. The van der Waals surface area contributed by atoms with Gasteiger partial charge in [0.25, 0.3) is 5.92 Å². The van der Waals surface area contributed by atoms with Gasteiger partial charge in [0, 0.05) is 12.6 Å². The quantitative estimate of drug-likeness (QED) is 0.835. The molecule has 1 rings (SSSR count). The molecule has 1 aromatic carbocycles. The second kappa shape index (κ2) is 5.12. The molecule has 17 heavy (non-hydrogen) atoms. The first-order valence-corrected chi connectivity index (χ1v) is 5.24. The number of hydrogen-bond donors (Lipinski definition) is 2. The van der Waals surface area contributed by atoms with E-state index < -0.39 is 24.4 Å². The van der Waals surface area contributed by atoms with Crippen LogP contribution in [0.1, 0.15) is 25.3 Å². The summed E-state index contributed by atoms with van der Waals surface area (Å²) in [4.78, 5) is 10.7. The van der Waals surface area contributed by atoms with Gasteiger partial charge in [0.1, 0.15) is 0 Å². The van der Waals surface area contributed by atoms with Gasteiger partial charge in [-0.25, -0.2) is 8.78 Å². The fourth-order valence-electron chi connectivity index (χ4n) is 1.29. The monoisotopic (exact) mass is 243 g/mol. The van der Waals surface area contributed by atoms with E-state index >= 15 is 0 Å². The number of carboxylic acid groups (broad SMARTS) is 1. The number of anilines is 1. The molecule has 94 valence electrons. The lowest BCUT2D eigenvalue weighted by Gasteiger charge is -2.13. The molecule has 0 aliphatic heterocycles. The summed E-state index contributed by atoms with van der Waals surface area (Å²) in [5.74, 6) is -4.28. The number of rotatable bonds is 5. The second-order valence-electron chi connectivity index (χ2n) is 4.11. The van der Waals surface area contributed by atoms with Crippen molar-refractivity contribution >= 4 is 11.7 Å². The van der Waals surface area contributed by atoms with Crippen molar-refractivity contribution in [3.63, 3.8) is 0 Å². The molecule has 0 heterocycles. The van der Waals surface area contributed by atoms with Gasteiger partial charge in [-0.2, -0.15) is 0 Å². The first-order valence-electron chi connectivity index (χ1n) is 5.24. The number of hydrogen-bond acceptors (Lipinski definition) is 2. The second-order valence-corrected chi connectivity index (χ2v) is 4.11. The molecule has 0 aliphatic carbocycles. The maximum atomic E-state index is 12.6. The zero-order chi connectivity index (χ0) is 13.1. The molecule has 0 radical (unpaired) electrons. The Bertz CT molecular complexity index is 384. The summed E-state index contributed by atoms with van der Waals surface area (Å²) in [6, 6.07) is 6.44. The Kier molecular flexibility index (Phi) is 4.04. The van der Waals surface area contributed by atoms with Crippen LogP contribution in [0.2, 0.25) is 0 Å². The number of benzene rings is 1. The standard InChI is InChI=1S/C12H15F2NO2/c1-8(11(16)17)9-3-5-10(6-4-9)15-7-12(2,13)14/h3-6,8,15H,7H2,1-2H3,(H,16,17). The van der Waals surface area contributed by atoms with E-state index in [0.717, 1.165) is 6.92 Å². The van der Waals surface area contributed by atoms with Crippen LogP contribution in [-0.2, 0) is 4.79 Å². The smallest absolute Gasteiger partial charge is 0.310 e. The average Bonchev–Trinajstić information content (AvgIpc) is 2.25. The van der Waals surface area contributed by atoms with Crippen molar-refractivity contribution in [3.05, 3.63) is 29.8 Å². The van der Waals surface area contributed by atoms with E-state index in [1.165, 1.54) is 0 Å². The van der Waals surface area contributed by atoms with Gasteiger partial charge in [-0.15, -0.1) is 0 Å². The molecule has 1 unspecified atom stereocenters. The lowest BCUT2D eigenvalue weighted by atomic mass is 10.0. The summed E-state index contributed by atoms with van der Waals surface area (Å²) < 4.78 is 25.2. The van der Waals surface area contributed by atoms with Crippen molar-refractivity contribution in [1.29, 1.82) is 0 Å². The van der Waals surface area contributed by atoms with Crippen LogP contribution in [0.3, 0.4) is 0 Å². The molecule has 0 aromatic heterocycles. The molecule has 0 aliphatic rings. The average molecular weight is 243 g/mol. The van der Waals surface area contributed by atoms with E-state index in [0.29, 0.717) is 11.3 Å². The molecule has 0 fully saturated rings. The normalized spacial score (nSPS) is 13.2. The summed E-state index contributed by atoms with van der Waals surface area (Å²) in [5.41, 5.74) is 1.19. The van der Waals surface area contributed by atoms with E-state index in [1.54, 1.807) is 31.2 Å². The Hall–Kier alpha value is -1.65. The van der Waals surface area contributed by atoms with Crippen LogP contribution in [0.5, 0.6) is 0 Å². The van der Waals surface area contributed by atoms with Crippen LogP contribution < -0.4 is 5.32 Å². The van der Waals surface area contributed by atoms with Crippen LogP contribution in [0, 0.1) is 0 Å². The lowest BCUT2D eigenvalue weighted by molar-refractivity contribution is -0.138. The maximum Gasteiger partial charge on any atom is 0.310 e. The Morgan fingerprint density at radius 3 is 2.35 bits per heavy atom. The van der Waals surface area contributed by atoms with Gasteiger partial charge < -0.3 is 10.4 Å². The Labute approximate surface area is 98.5 Å². The third kappa shape index (κ3) is 4.38. The summed E-state index contributed by atoms with van der Waals surface area (Å²) in [7, 11) is 0. The van der Waals surface area contributed by atoms with Crippen molar-refractivity contribution in [2.45, 2.75) is 25.7 Å². The fraction of sp³-hybridized carbons (Fsp3) is 0.417. The van der Waals surface area contributed by atoms with Crippen molar-refractivity contribution in [2.24, 2.45) is 0 Å². The van der Waals surface area contributed by atoms with E-state index in [2.05, 4.69) is 5.32 Å². The Morgan fingerprint density at radius 2 is 1.94 bits per heavy atom. The topological polar surface area (TPSA) is 49.3 Å². The summed E-state index contributed by atoms with van der Waals surface area (Å²) in [5, 5.41) is 11.4. The van der Waals surface area contributed by atoms with Crippen LogP contribution >= 0.6 is 0 Å². The number of alkyl halides is 2. The molecule has 0 amide bonds.